The summed E-state index contributed by atoms with van der Waals surface area (Å²) >= 11 is 0. The van der Waals surface area contributed by atoms with Crippen molar-refractivity contribution in [1.82, 2.24) is 9.44 Å². The molecule has 1 fully saturated rings. The molecular formula is C7H16N2O3S. The molecule has 0 amide bonds. The summed E-state index contributed by atoms with van der Waals surface area (Å²) in [5, 5.41) is 8.94. The third-order valence-electron chi connectivity index (χ3n) is 1.98. The molecule has 0 aromatic carbocycles. The van der Waals surface area contributed by atoms with Crippen molar-refractivity contribution in [1.29, 1.82) is 0 Å². The lowest BCUT2D eigenvalue weighted by Gasteiger charge is -2.31. The van der Waals surface area contributed by atoms with Crippen molar-refractivity contribution in [2.24, 2.45) is 0 Å². The van der Waals surface area contributed by atoms with Crippen LogP contribution in [0.1, 0.15) is 26.2 Å². The molecule has 0 heterocycles. The molecule has 0 spiro atoms. The average molecular weight is 208 g/mol. The van der Waals surface area contributed by atoms with Gasteiger partial charge in [0.2, 0.25) is 0 Å². The summed E-state index contributed by atoms with van der Waals surface area (Å²) in [4.78, 5) is 0. The minimum atomic E-state index is -3.34. The molecule has 1 aliphatic rings. The summed E-state index contributed by atoms with van der Waals surface area (Å²) in [6.07, 6.45) is 1.48. The SMILES string of the molecule is CCCNS(=O)(=O)NC1CC(O)C1. The van der Waals surface area contributed by atoms with Gasteiger partial charge in [-0.25, -0.2) is 4.72 Å². The third-order valence-corrected chi connectivity index (χ3v) is 3.20. The van der Waals surface area contributed by atoms with Gasteiger partial charge in [0.15, 0.2) is 0 Å². The predicted molar refractivity (Wildman–Crippen MR) is 49.4 cm³/mol. The molecule has 3 N–H and O–H groups in total. The monoisotopic (exact) mass is 208 g/mol. The van der Waals surface area contributed by atoms with E-state index >= 15 is 0 Å². The van der Waals surface area contributed by atoms with Crippen LogP contribution in [0.2, 0.25) is 0 Å². The van der Waals surface area contributed by atoms with Crippen LogP contribution in [0, 0.1) is 0 Å². The van der Waals surface area contributed by atoms with Crippen molar-refractivity contribution < 1.29 is 13.5 Å². The largest absolute Gasteiger partial charge is 0.393 e. The fourth-order valence-electron chi connectivity index (χ4n) is 1.18. The van der Waals surface area contributed by atoms with Gasteiger partial charge < -0.3 is 5.11 Å². The Kier molecular flexibility index (Phi) is 3.66. The number of hydrogen-bond acceptors (Lipinski definition) is 3. The Labute approximate surface area is 78.7 Å². The van der Waals surface area contributed by atoms with Crippen LogP contribution in [0.3, 0.4) is 0 Å². The molecule has 1 aliphatic carbocycles. The summed E-state index contributed by atoms with van der Waals surface area (Å²) in [5.41, 5.74) is 0. The summed E-state index contributed by atoms with van der Waals surface area (Å²) in [5.74, 6) is 0. The Morgan fingerprint density at radius 2 is 2.08 bits per heavy atom. The minimum Gasteiger partial charge on any atom is -0.393 e. The summed E-state index contributed by atoms with van der Waals surface area (Å²) in [6.45, 7) is 2.35. The highest BCUT2D eigenvalue weighted by molar-refractivity contribution is 7.87. The summed E-state index contributed by atoms with van der Waals surface area (Å²) < 4.78 is 27.3. The molecular weight excluding hydrogens is 192 g/mol. The lowest BCUT2D eigenvalue weighted by atomic mass is 9.91. The van der Waals surface area contributed by atoms with Crippen LogP contribution in [-0.2, 0) is 10.2 Å². The molecule has 6 heteroatoms. The quantitative estimate of drug-likeness (QED) is 0.561. The van der Waals surface area contributed by atoms with Crippen LogP contribution in [0.5, 0.6) is 0 Å². The molecule has 78 valence electrons. The number of rotatable bonds is 5. The fourth-order valence-corrected chi connectivity index (χ4v) is 2.37. The summed E-state index contributed by atoms with van der Waals surface area (Å²) in [7, 11) is -3.34. The van der Waals surface area contributed by atoms with Gasteiger partial charge in [-0.05, 0) is 19.3 Å². The molecule has 0 radical (unpaired) electrons. The standard InChI is InChI=1S/C7H16N2O3S/c1-2-3-8-13(11,12)9-6-4-7(10)5-6/h6-10H,2-5H2,1H3. The van der Waals surface area contributed by atoms with Crippen LogP contribution < -0.4 is 9.44 Å². The number of aliphatic hydroxyl groups excluding tert-OH is 1. The van der Waals surface area contributed by atoms with Crippen molar-refractivity contribution >= 4 is 10.2 Å². The molecule has 0 bridgehead atoms. The predicted octanol–water partition coefficient (Wildman–Crippen LogP) is -0.656. The van der Waals surface area contributed by atoms with Gasteiger partial charge >= 0.3 is 0 Å². The van der Waals surface area contributed by atoms with E-state index in [4.69, 9.17) is 5.11 Å². The molecule has 1 saturated carbocycles. The first kappa shape index (κ1) is 10.9. The maximum Gasteiger partial charge on any atom is 0.277 e. The van der Waals surface area contributed by atoms with E-state index in [0.29, 0.717) is 19.4 Å². The lowest BCUT2D eigenvalue weighted by molar-refractivity contribution is 0.0711. The van der Waals surface area contributed by atoms with Crippen molar-refractivity contribution in [3.63, 3.8) is 0 Å². The second-order valence-electron chi connectivity index (χ2n) is 3.34. The average Bonchev–Trinajstić information content (AvgIpc) is 1.98. The van der Waals surface area contributed by atoms with E-state index in [2.05, 4.69) is 9.44 Å². The van der Waals surface area contributed by atoms with E-state index in [1.165, 1.54) is 0 Å². The van der Waals surface area contributed by atoms with Gasteiger partial charge in [0.25, 0.3) is 10.2 Å². The van der Waals surface area contributed by atoms with Gasteiger partial charge in [0.05, 0.1) is 6.10 Å². The van der Waals surface area contributed by atoms with Gasteiger partial charge in [-0.1, -0.05) is 6.92 Å². The summed E-state index contributed by atoms with van der Waals surface area (Å²) in [6, 6.07) is -0.0932. The first-order valence-electron chi connectivity index (χ1n) is 4.48. The smallest absolute Gasteiger partial charge is 0.277 e. The molecule has 0 aliphatic heterocycles. The first-order chi connectivity index (χ1) is 6.03. The number of aliphatic hydroxyl groups is 1. The second-order valence-corrected chi connectivity index (χ2v) is 4.87. The Hall–Kier alpha value is -0.170. The molecule has 0 saturated heterocycles. The van der Waals surface area contributed by atoms with Gasteiger partial charge in [0.1, 0.15) is 0 Å². The van der Waals surface area contributed by atoms with E-state index in [-0.39, 0.29) is 12.1 Å². The highest BCUT2D eigenvalue weighted by atomic mass is 32.2. The fraction of sp³-hybridized carbons (Fsp3) is 1.00. The third kappa shape index (κ3) is 3.60. The lowest BCUT2D eigenvalue weighted by Crippen LogP contribution is -2.50. The minimum absolute atomic E-state index is 0.0932. The van der Waals surface area contributed by atoms with Crippen molar-refractivity contribution in [2.75, 3.05) is 6.54 Å². The molecule has 0 aromatic rings. The van der Waals surface area contributed by atoms with Crippen LogP contribution >= 0.6 is 0 Å². The molecule has 13 heavy (non-hydrogen) atoms. The maximum absolute atomic E-state index is 11.2. The first-order valence-corrected chi connectivity index (χ1v) is 5.97. The van der Waals surface area contributed by atoms with E-state index in [9.17, 15) is 8.42 Å². The van der Waals surface area contributed by atoms with E-state index in [1.54, 1.807) is 0 Å². The van der Waals surface area contributed by atoms with Gasteiger partial charge in [-0.15, -0.1) is 0 Å². The zero-order valence-electron chi connectivity index (χ0n) is 7.66. The maximum atomic E-state index is 11.2. The highest BCUT2D eigenvalue weighted by Crippen LogP contribution is 2.19. The van der Waals surface area contributed by atoms with E-state index < -0.39 is 10.2 Å². The molecule has 5 nitrogen and oxygen atoms in total. The highest BCUT2D eigenvalue weighted by Gasteiger charge is 2.30. The van der Waals surface area contributed by atoms with Gasteiger partial charge in [-0.3, -0.25) is 0 Å². The Morgan fingerprint density at radius 1 is 1.46 bits per heavy atom. The molecule has 0 unspecified atom stereocenters. The van der Waals surface area contributed by atoms with Crippen molar-refractivity contribution in [3.8, 4) is 0 Å². The zero-order valence-corrected chi connectivity index (χ0v) is 8.47. The zero-order chi connectivity index (χ0) is 9.90. The normalized spacial score (nSPS) is 28.5. The topological polar surface area (TPSA) is 78.4 Å². The van der Waals surface area contributed by atoms with Crippen molar-refractivity contribution in [3.05, 3.63) is 0 Å². The van der Waals surface area contributed by atoms with E-state index in [1.807, 2.05) is 6.92 Å². The Bertz CT molecular complexity index is 246. The molecule has 0 aromatic heterocycles. The molecule has 0 atom stereocenters. The number of nitrogens with one attached hydrogen (secondary N) is 2. The Morgan fingerprint density at radius 3 is 2.54 bits per heavy atom. The van der Waals surface area contributed by atoms with Crippen molar-refractivity contribution in [2.45, 2.75) is 38.3 Å². The second kappa shape index (κ2) is 4.36. The van der Waals surface area contributed by atoms with Crippen LogP contribution in [-0.4, -0.2) is 32.2 Å². The number of hydrogen-bond donors (Lipinski definition) is 3. The van der Waals surface area contributed by atoms with Gasteiger partial charge in [-0.2, -0.15) is 13.1 Å². The van der Waals surface area contributed by atoms with Gasteiger partial charge in [0, 0.05) is 12.6 Å². The van der Waals surface area contributed by atoms with Crippen LogP contribution in [0.15, 0.2) is 0 Å². The van der Waals surface area contributed by atoms with Crippen LogP contribution in [0.25, 0.3) is 0 Å². The molecule has 1 rings (SSSR count). The van der Waals surface area contributed by atoms with E-state index in [0.717, 1.165) is 6.42 Å². The van der Waals surface area contributed by atoms with Crippen LogP contribution in [0.4, 0.5) is 0 Å². The Balaban J connectivity index is 2.26.